The summed E-state index contributed by atoms with van der Waals surface area (Å²) in [5, 5.41) is 11.9. The Hall–Kier alpha value is -2.38. The van der Waals surface area contributed by atoms with Gasteiger partial charge in [0.2, 0.25) is 5.91 Å². The van der Waals surface area contributed by atoms with E-state index in [1.165, 1.54) is 17.8 Å². The Morgan fingerprint density at radius 1 is 1.31 bits per heavy atom. The van der Waals surface area contributed by atoms with Crippen molar-refractivity contribution in [3.63, 3.8) is 0 Å². The molecule has 2 aromatic carbocycles. The summed E-state index contributed by atoms with van der Waals surface area (Å²) in [6.45, 7) is 1.97. The number of halogens is 2. The molecule has 3 aromatic rings. The van der Waals surface area contributed by atoms with E-state index in [9.17, 15) is 9.18 Å². The summed E-state index contributed by atoms with van der Waals surface area (Å²) in [5.41, 5.74) is 2.12. The Kier molecular flexibility index (Phi) is 5.90. The molecule has 0 saturated carbocycles. The minimum Gasteiger partial charge on any atom is -0.351 e. The van der Waals surface area contributed by atoms with Gasteiger partial charge in [0, 0.05) is 11.6 Å². The molecule has 0 spiro atoms. The predicted molar refractivity (Wildman–Crippen MR) is 100 cm³/mol. The number of benzene rings is 2. The molecule has 0 aliphatic carbocycles. The van der Waals surface area contributed by atoms with Crippen LogP contribution in [-0.2, 0) is 11.3 Å². The lowest BCUT2D eigenvalue weighted by atomic mass is 10.1. The van der Waals surface area contributed by atoms with Crippen molar-refractivity contribution in [2.45, 2.75) is 18.6 Å². The number of amides is 1. The first-order valence-corrected chi connectivity index (χ1v) is 9.20. The average Bonchev–Trinajstić information content (AvgIpc) is 3.09. The van der Waals surface area contributed by atoms with Gasteiger partial charge in [0.05, 0.1) is 11.4 Å². The monoisotopic (exact) mass is 390 g/mol. The molecule has 0 saturated heterocycles. The molecule has 0 radical (unpaired) electrons. The molecule has 1 aromatic heterocycles. The highest BCUT2D eigenvalue weighted by Crippen LogP contribution is 2.21. The van der Waals surface area contributed by atoms with Gasteiger partial charge in [0.15, 0.2) is 5.16 Å². The standard InChI is InChI=1S/C18H16ClFN4OS/c1-12-5-6-13(7-16(12)20)9-21-17(25)10-26-18-23-22-11-24(18)15-4-2-3-14(19)8-15/h2-8,11H,9-10H2,1H3,(H,21,25). The van der Waals surface area contributed by atoms with E-state index in [1.807, 2.05) is 12.1 Å². The highest BCUT2D eigenvalue weighted by atomic mass is 35.5. The molecule has 1 amide bonds. The van der Waals surface area contributed by atoms with Crippen LogP contribution in [0.25, 0.3) is 5.69 Å². The molecule has 0 aliphatic rings. The lowest BCUT2D eigenvalue weighted by Gasteiger charge is -2.08. The van der Waals surface area contributed by atoms with Gasteiger partial charge in [0.1, 0.15) is 12.1 Å². The first-order chi connectivity index (χ1) is 12.5. The normalized spacial score (nSPS) is 10.7. The summed E-state index contributed by atoms with van der Waals surface area (Å²) in [6.07, 6.45) is 1.57. The van der Waals surface area contributed by atoms with Gasteiger partial charge < -0.3 is 5.32 Å². The second kappa shape index (κ2) is 8.33. The van der Waals surface area contributed by atoms with Crippen LogP contribution in [0.4, 0.5) is 4.39 Å². The van der Waals surface area contributed by atoms with Crippen LogP contribution in [0.3, 0.4) is 0 Å². The van der Waals surface area contributed by atoms with Gasteiger partial charge in [0.25, 0.3) is 0 Å². The molecule has 134 valence electrons. The molecule has 0 fully saturated rings. The molecule has 0 atom stereocenters. The largest absolute Gasteiger partial charge is 0.351 e. The van der Waals surface area contributed by atoms with Gasteiger partial charge in [-0.25, -0.2) is 4.39 Å². The Labute approximate surface area is 159 Å². The maximum absolute atomic E-state index is 13.5. The highest BCUT2D eigenvalue weighted by molar-refractivity contribution is 7.99. The summed E-state index contributed by atoms with van der Waals surface area (Å²) in [5.74, 6) is -0.273. The molecule has 26 heavy (non-hydrogen) atoms. The lowest BCUT2D eigenvalue weighted by molar-refractivity contribution is -0.118. The number of aryl methyl sites for hydroxylation is 1. The summed E-state index contributed by atoms with van der Waals surface area (Å²) in [6, 6.07) is 12.2. The van der Waals surface area contributed by atoms with Crippen LogP contribution >= 0.6 is 23.4 Å². The van der Waals surface area contributed by atoms with E-state index >= 15 is 0 Å². The van der Waals surface area contributed by atoms with Crippen molar-refractivity contribution in [1.82, 2.24) is 20.1 Å². The van der Waals surface area contributed by atoms with Crippen molar-refractivity contribution in [2.24, 2.45) is 0 Å². The lowest BCUT2D eigenvalue weighted by Crippen LogP contribution is -2.24. The fourth-order valence-electron chi connectivity index (χ4n) is 2.25. The number of rotatable bonds is 6. The molecule has 0 bridgehead atoms. The minimum atomic E-state index is -0.277. The van der Waals surface area contributed by atoms with E-state index in [1.54, 1.807) is 42.1 Å². The fourth-order valence-corrected chi connectivity index (χ4v) is 3.20. The summed E-state index contributed by atoms with van der Waals surface area (Å²) >= 11 is 7.27. The summed E-state index contributed by atoms with van der Waals surface area (Å²) in [7, 11) is 0. The van der Waals surface area contributed by atoms with Gasteiger partial charge in [-0.3, -0.25) is 9.36 Å². The number of thioether (sulfide) groups is 1. The van der Waals surface area contributed by atoms with Gasteiger partial charge >= 0.3 is 0 Å². The zero-order valence-corrected chi connectivity index (χ0v) is 15.5. The molecule has 1 heterocycles. The van der Waals surface area contributed by atoms with E-state index in [0.717, 1.165) is 5.69 Å². The van der Waals surface area contributed by atoms with E-state index in [4.69, 9.17) is 11.6 Å². The van der Waals surface area contributed by atoms with Crippen molar-refractivity contribution in [3.05, 3.63) is 70.8 Å². The van der Waals surface area contributed by atoms with E-state index < -0.39 is 0 Å². The number of nitrogens with one attached hydrogen (secondary N) is 1. The molecule has 5 nitrogen and oxygen atoms in total. The van der Waals surface area contributed by atoms with Crippen LogP contribution in [-0.4, -0.2) is 26.4 Å². The predicted octanol–water partition coefficient (Wildman–Crippen LogP) is 3.78. The van der Waals surface area contributed by atoms with Gasteiger partial charge in [-0.1, -0.05) is 41.6 Å². The van der Waals surface area contributed by atoms with E-state index in [0.29, 0.717) is 21.3 Å². The SMILES string of the molecule is Cc1ccc(CNC(=O)CSc2nncn2-c2cccc(Cl)c2)cc1F. The maximum atomic E-state index is 13.5. The zero-order valence-electron chi connectivity index (χ0n) is 13.9. The molecular formula is C18H16ClFN4OS. The third kappa shape index (κ3) is 4.62. The van der Waals surface area contributed by atoms with Crippen molar-refractivity contribution in [1.29, 1.82) is 0 Å². The first kappa shape index (κ1) is 18.4. The number of hydrogen-bond acceptors (Lipinski definition) is 4. The van der Waals surface area contributed by atoms with Gasteiger partial charge in [-0.05, 0) is 42.3 Å². The van der Waals surface area contributed by atoms with Crippen LogP contribution in [0.15, 0.2) is 53.9 Å². The third-order valence-corrected chi connectivity index (χ3v) is 4.84. The number of aromatic nitrogens is 3. The fraction of sp³-hybridized carbons (Fsp3) is 0.167. The van der Waals surface area contributed by atoms with E-state index in [2.05, 4.69) is 15.5 Å². The maximum Gasteiger partial charge on any atom is 0.230 e. The Morgan fingerprint density at radius 3 is 2.92 bits per heavy atom. The second-order valence-electron chi connectivity index (χ2n) is 5.61. The molecular weight excluding hydrogens is 375 g/mol. The van der Waals surface area contributed by atoms with Crippen molar-refractivity contribution in [3.8, 4) is 5.69 Å². The molecule has 1 N–H and O–H groups in total. The average molecular weight is 391 g/mol. The smallest absolute Gasteiger partial charge is 0.230 e. The van der Waals surface area contributed by atoms with Gasteiger partial charge in [-0.2, -0.15) is 0 Å². The van der Waals surface area contributed by atoms with Crippen molar-refractivity contribution >= 4 is 29.3 Å². The molecule has 0 aliphatic heterocycles. The Bertz CT molecular complexity index is 931. The van der Waals surface area contributed by atoms with Crippen LogP contribution in [0.5, 0.6) is 0 Å². The van der Waals surface area contributed by atoms with Crippen molar-refractivity contribution < 1.29 is 9.18 Å². The minimum absolute atomic E-state index is 0.170. The Balaban J connectivity index is 1.57. The summed E-state index contributed by atoms with van der Waals surface area (Å²) < 4.78 is 15.3. The van der Waals surface area contributed by atoms with Gasteiger partial charge in [-0.15, -0.1) is 10.2 Å². The molecule has 8 heteroatoms. The van der Waals surface area contributed by atoms with Crippen LogP contribution < -0.4 is 5.32 Å². The number of carbonyl (C=O) groups is 1. The van der Waals surface area contributed by atoms with Crippen molar-refractivity contribution in [2.75, 3.05) is 5.75 Å². The number of nitrogens with zero attached hydrogens (tertiary/aromatic N) is 3. The van der Waals surface area contributed by atoms with Crippen LogP contribution in [0, 0.1) is 12.7 Å². The Morgan fingerprint density at radius 2 is 2.15 bits per heavy atom. The quantitative estimate of drug-likeness (QED) is 0.651. The topological polar surface area (TPSA) is 59.8 Å². The highest BCUT2D eigenvalue weighted by Gasteiger charge is 2.10. The summed E-state index contributed by atoms with van der Waals surface area (Å²) in [4.78, 5) is 12.1. The first-order valence-electron chi connectivity index (χ1n) is 7.83. The van der Waals surface area contributed by atoms with Crippen LogP contribution in [0.1, 0.15) is 11.1 Å². The zero-order chi connectivity index (χ0) is 18.5. The number of hydrogen-bond donors (Lipinski definition) is 1. The molecule has 0 unspecified atom stereocenters. The van der Waals surface area contributed by atoms with E-state index in [-0.39, 0.29) is 24.0 Å². The third-order valence-electron chi connectivity index (χ3n) is 3.66. The molecule has 3 rings (SSSR count). The van der Waals surface area contributed by atoms with Crippen LogP contribution in [0.2, 0.25) is 5.02 Å². The second-order valence-corrected chi connectivity index (χ2v) is 6.99. The number of carbonyl (C=O) groups excluding carboxylic acids is 1.